The van der Waals surface area contributed by atoms with Gasteiger partial charge in [-0.15, -0.1) is 0 Å². The van der Waals surface area contributed by atoms with Crippen molar-refractivity contribution in [2.45, 2.75) is 95.5 Å². The van der Waals surface area contributed by atoms with Crippen LogP contribution in [-0.4, -0.2) is 12.7 Å². The molecule has 1 aromatic carbocycles. The number of methoxy groups -OCH3 is 1. The van der Waals surface area contributed by atoms with Gasteiger partial charge in [-0.2, -0.15) is 5.26 Å². The molecule has 0 aliphatic heterocycles. The maximum absolute atomic E-state index is 8.55. The van der Waals surface area contributed by atoms with Crippen molar-refractivity contribution in [3.8, 4) is 6.07 Å². The second kappa shape index (κ2) is 12.3. The molecule has 2 fully saturated rings. The van der Waals surface area contributed by atoms with Crippen molar-refractivity contribution in [2.75, 3.05) is 7.11 Å². The van der Waals surface area contributed by atoms with Crippen LogP contribution in [0.3, 0.4) is 0 Å². The Kier molecular flexibility index (Phi) is 9.41. The third kappa shape index (κ3) is 6.81. The van der Waals surface area contributed by atoms with Gasteiger partial charge in [-0.25, -0.2) is 0 Å². The minimum atomic E-state index is 0.0667. The van der Waals surface area contributed by atoms with Gasteiger partial charge in [-0.1, -0.05) is 55.8 Å². The van der Waals surface area contributed by atoms with E-state index in [1.807, 2.05) is 25.3 Å². The number of aryl methyl sites for hydroxylation is 1. The molecule has 2 aliphatic rings. The molecule has 0 aromatic heterocycles. The van der Waals surface area contributed by atoms with E-state index < -0.39 is 0 Å². The molecule has 0 amide bonds. The Morgan fingerprint density at radius 2 is 1.68 bits per heavy atom. The van der Waals surface area contributed by atoms with Gasteiger partial charge in [0.25, 0.3) is 0 Å². The molecular weight excluding hydrogens is 378 g/mol. The zero-order chi connectivity index (χ0) is 21.9. The van der Waals surface area contributed by atoms with Crippen molar-refractivity contribution in [1.82, 2.24) is 0 Å². The summed E-state index contributed by atoms with van der Waals surface area (Å²) in [5.41, 5.74) is 3.12. The van der Waals surface area contributed by atoms with E-state index in [0.29, 0.717) is 0 Å². The molecule has 0 heterocycles. The van der Waals surface area contributed by atoms with E-state index in [1.165, 1.54) is 75.8 Å². The van der Waals surface area contributed by atoms with E-state index in [1.54, 1.807) is 5.56 Å². The summed E-state index contributed by atoms with van der Waals surface area (Å²) in [5.74, 6) is 2.59. The van der Waals surface area contributed by atoms with Crippen LogP contribution in [0.5, 0.6) is 0 Å². The van der Waals surface area contributed by atoms with Crippen LogP contribution in [0.15, 0.2) is 48.6 Å². The van der Waals surface area contributed by atoms with Crippen LogP contribution in [0.1, 0.15) is 94.6 Å². The van der Waals surface area contributed by atoms with Crippen LogP contribution < -0.4 is 0 Å². The molecule has 2 nitrogen and oxygen atoms in total. The van der Waals surface area contributed by atoms with E-state index in [4.69, 9.17) is 10.00 Å². The number of benzene rings is 1. The lowest BCUT2D eigenvalue weighted by Gasteiger charge is -2.43. The first-order valence-corrected chi connectivity index (χ1v) is 12.5. The molecule has 31 heavy (non-hydrogen) atoms. The highest BCUT2D eigenvalue weighted by Crippen LogP contribution is 2.46. The fraction of sp³-hybridized carbons (Fsp3) is 0.621. The summed E-state index contributed by atoms with van der Waals surface area (Å²) in [6, 6.07) is 11.5. The molecule has 2 heteroatoms. The predicted molar refractivity (Wildman–Crippen MR) is 130 cm³/mol. The first-order chi connectivity index (χ1) is 15.2. The van der Waals surface area contributed by atoms with E-state index >= 15 is 0 Å². The lowest BCUT2D eigenvalue weighted by molar-refractivity contribution is -0.0614. The van der Waals surface area contributed by atoms with Crippen LogP contribution in [0, 0.1) is 23.2 Å². The van der Waals surface area contributed by atoms with Crippen LogP contribution >= 0.6 is 0 Å². The van der Waals surface area contributed by atoms with Gasteiger partial charge in [0.15, 0.2) is 0 Å². The van der Waals surface area contributed by atoms with Crippen molar-refractivity contribution in [3.05, 3.63) is 59.7 Å². The third-order valence-electron chi connectivity index (χ3n) is 7.99. The molecule has 0 spiro atoms. The Morgan fingerprint density at radius 1 is 1.00 bits per heavy atom. The number of allylic oxidation sites excluding steroid dienone is 4. The van der Waals surface area contributed by atoms with E-state index in [2.05, 4.69) is 37.3 Å². The van der Waals surface area contributed by atoms with Crippen molar-refractivity contribution in [3.63, 3.8) is 0 Å². The number of hydrogen-bond acceptors (Lipinski definition) is 2. The molecule has 0 saturated heterocycles. The van der Waals surface area contributed by atoms with Crippen molar-refractivity contribution in [2.24, 2.45) is 11.8 Å². The van der Waals surface area contributed by atoms with Crippen LogP contribution in [0.4, 0.5) is 0 Å². The van der Waals surface area contributed by atoms with Gasteiger partial charge in [-0.3, -0.25) is 0 Å². The van der Waals surface area contributed by atoms with Gasteiger partial charge < -0.3 is 4.74 Å². The Balaban J connectivity index is 1.43. The molecule has 0 bridgehead atoms. The Labute approximate surface area is 190 Å². The standard InChI is InChI=1S/C29H41NO/c1-3-9-24-10-12-25(13-11-24)26-14-16-27(17-15-26)28-18-21-29(31-2,22-19-28)20-7-5-4-6-8-23-30/h4-6,8,10-13,26-28H,3,7,9,14-22H2,1-2H3. The lowest BCUT2D eigenvalue weighted by atomic mass is 9.66. The summed E-state index contributed by atoms with van der Waals surface area (Å²) >= 11 is 0. The van der Waals surface area contributed by atoms with E-state index in [9.17, 15) is 0 Å². The number of hydrogen-bond donors (Lipinski definition) is 0. The summed E-state index contributed by atoms with van der Waals surface area (Å²) in [5, 5.41) is 8.55. The first-order valence-electron chi connectivity index (χ1n) is 12.5. The summed E-state index contributed by atoms with van der Waals surface area (Å²) < 4.78 is 6.04. The van der Waals surface area contributed by atoms with Crippen molar-refractivity contribution >= 4 is 0 Å². The van der Waals surface area contributed by atoms with E-state index in [0.717, 1.165) is 30.6 Å². The molecule has 0 radical (unpaired) electrons. The monoisotopic (exact) mass is 419 g/mol. The number of nitriles is 1. The molecule has 2 saturated carbocycles. The summed E-state index contributed by atoms with van der Waals surface area (Å²) in [7, 11) is 1.90. The highest BCUT2D eigenvalue weighted by Gasteiger charge is 2.38. The maximum Gasteiger partial charge on any atom is 0.0912 e. The fourth-order valence-corrected chi connectivity index (χ4v) is 5.98. The number of nitrogens with zero attached hydrogens (tertiary/aromatic N) is 1. The third-order valence-corrected chi connectivity index (χ3v) is 7.99. The van der Waals surface area contributed by atoms with Gasteiger partial charge in [0.1, 0.15) is 0 Å². The van der Waals surface area contributed by atoms with Gasteiger partial charge in [0.2, 0.25) is 0 Å². The van der Waals surface area contributed by atoms with Gasteiger partial charge in [0, 0.05) is 13.2 Å². The molecule has 168 valence electrons. The molecule has 0 N–H and O–H groups in total. The minimum Gasteiger partial charge on any atom is -0.378 e. The SMILES string of the molecule is CCCc1ccc(C2CCC(C3CCC(CCC=CC=CC#N)(OC)CC3)CC2)cc1. The average molecular weight is 420 g/mol. The zero-order valence-corrected chi connectivity index (χ0v) is 19.7. The molecular formula is C29H41NO. The Hall–Kier alpha value is -1.85. The normalized spacial score (nSPS) is 29.4. The predicted octanol–water partition coefficient (Wildman–Crippen LogP) is 7.90. The zero-order valence-electron chi connectivity index (χ0n) is 19.7. The minimum absolute atomic E-state index is 0.0667. The summed E-state index contributed by atoms with van der Waals surface area (Å²) in [6.07, 6.45) is 22.6. The second-order valence-corrected chi connectivity index (χ2v) is 9.78. The number of rotatable bonds is 9. The topological polar surface area (TPSA) is 33.0 Å². The van der Waals surface area contributed by atoms with E-state index in [-0.39, 0.29) is 5.60 Å². The fourth-order valence-electron chi connectivity index (χ4n) is 5.98. The molecule has 3 rings (SSSR count). The molecule has 0 atom stereocenters. The number of ether oxygens (including phenoxy) is 1. The lowest BCUT2D eigenvalue weighted by Crippen LogP contribution is -2.38. The Morgan fingerprint density at radius 3 is 2.29 bits per heavy atom. The molecule has 1 aromatic rings. The first kappa shape index (κ1) is 23.8. The summed E-state index contributed by atoms with van der Waals surface area (Å²) in [4.78, 5) is 0. The smallest absolute Gasteiger partial charge is 0.0912 e. The maximum atomic E-state index is 8.55. The second-order valence-electron chi connectivity index (χ2n) is 9.78. The van der Waals surface area contributed by atoms with Crippen LogP contribution in [0.2, 0.25) is 0 Å². The highest BCUT2D eigenvalue weighted by atomic mass is 16.5. The molecule has 2 aliphatic carbocycles. The largest absolute Gasteiger partial charge is 0.378 e. The quantitative estimate of drug-likeness (QED) is 0.301. The van der Waals surface area contributed by atoms with Crippen molar-refractivity contribution < 1.29 is 4.74 Å². The summed E-state index contributed by atoms with van der Waals surface area (Å²) in [6.45, 7) is 2.25. The van der Waals surface area contributed by atoms with Crippen molar-refractivity contribution in [1.29, 1.82) is 5.26 Å². The highest BCUT2D eigenvalue weighted by molar-refractivity contribution is 5.26. The van der Waals surface area contributed by atoms with Gasteiger partial charge >= 0.3 is 0 Å². The van der Waals surface area contributed by atoms with Gasteiger partial charge in [0.05, 0.1) is 11.7 Å². The molecule has 0 unspecified atom stereocenters. The van der Waals surface area contributed by atoms with Crippen LogP contribution in [-0.2, 0) is 11.2 Å². The van der Waals surface area contributed by atoms with Crippen LogP contribution in [0.25, 0.3) is 0 Å². The van der Waals surface area contributed by atoms with Gasteiger partial charge in [-0.05, 0) is 99.5 Å². The average Bonchev–Trinajstić information content (AvgIpc) is 2.83. The Bertz CT molecular complexity index is 738.